The molecule has 0 rings (SSSR count). The smallest absolute Gasteiger partial charge is 0.306 e. The topological polar surface area (TPSA) is 58.6 Å². The molecule has 0 aliphatic rings. The highest BCUT2D eigenvalue weighted by molar-refractivity contribution is 5.77. The van der Waals surface area contributed by atoms with Crippen LogP contribution in [0.5, 0.6) is 0 Å². The van der Waals surface area contributed by atoms with Gasteiger partial charge in [-0.25, -0.2) is 0 Å². The molecule has 268 valence electrons. The molecule has 5 heteroatoms. The third-order valence-corrected chi connectivity index (χ3v) is 9.22. The van der Waals surface area contributed by atoms with Gasteiger partial charge in [0, 0.05) is 18.9 Å². The summed E-state index contributed by atoms with van der Waals surface area (Å²) < 4.78 is 6.04. The fourth-order valence-corrected chi connectivity index (χ4v) is 6.12. The molecule has 0 aromatic heterocycles. The summed E-state index contributed by atoms with van der Waals surface area (Å²) in [5, 5.41) is 3.07. The first-order valence-electron chi connectivity index (χ1n) is 20.1. The first-order valence-corrected chi connectivity index (χ1v) is 20.1. The van der Waals surface area contributed by atoms with E-state index in [4.69, 9.17) is 4.74 Å². The summed E-state index contributed by atoms with van der Waals surface area (Å²) in [6.07, 6.45) is 33.0. The zero-order chi connectivity index (χ0) is 33.2. The third kappa shape index (κ3) is 31.3. The van der Waals surface area contributed by atoms with E-state index in [2.05, 4.69) is 31.0 Å². The molecule has 0 aliphatic carbocycles. The van der Waals surface area contributed by atoms with Crippen molar-refractivity contribution in [1.82, 2.24) is 10.2 Å². The number of carbonyl (C=O) groups excluding carboxylic acids is 2. The number of hydrogen-bond acceptors (Lipinski definition) is 4. The van der Waals surface area contributed by atoms with Crippen LogP contribution in [0.3, 0.4) is 0 Å². The number of unbranched alkanes of at least 4 members (excludes halogenated alkanes) is 19. The maximum absolute atomic E-state index is 12.7. The standard InChI is InChI=1S/C40H80N2O3/c1-6-9-12-15-19-24-30-38(31-25-20-16-13-10-7-2)45-39(43)32-26-21-18-23-28-35-42(34-27-22-17-14-11-8-3)36-29-33-41-40(44)37(4)5/h37-38H,6-36H2,1-5H3,(H,41,44). The van der Waals surface area contributed by atoms with Gasteiger partial charge < -0.3 is 15.0 Å². The lowest BCUT2D eigenvalue weighted by atomic mass is 10.0. The lowest BCUT2D eigenvalue weighted by Gasteiger charge is -2.22. The predicted octanol–water partition coefficient (Wildman–Crippen LogP) is 11.6. The van der Waals surface area contributed by atoms with Crippen molar-refractivity contribution >= 4 is 11.9 Å². The van der Waals surface area contributed by atoms with Crippen molar-refractivity contribution in [3.63, 3.8) is 0 Å². The Bertz CT molecular complexity index is 623. The van der Waals surface area contributed by atoms with Crippen molar-refractivity contribution in [1.29, 1.82) is 0 Å². The molecule has 0 saturated carbocycles. The van der Waals surface area contributed by atoms with E-state index in [9.17, 15) is 9.59 Å². The second-order valence-electron chi connectivity index (χ2n) is 14.2. The van der Waals surface area contributed by atoms with E-state index in [1.165, 1.54) is 141 Å². The number of rotatable bonds is 35. The molecular weight excluding hydrogens is 556 g/mol. The molecule has 0 saturated heterocycles. The predicted molar refractivity (Wildman–Crippen MR) is 196 cm³/mol. The van der Waals surface area contributed by atoms with Crippen molar-refractivity contribution in [2.75, 3.05) is 26.2 Å². The van der Waals surface area contributed by atoms with Crippen LogP contribution in [0, 0.1) is 5.92 Å². The average Bonchev–Trinajstić information content (AvgIpc) is 3.02. The largest absolute Gasteiger partial charge is 0.462 e. The summed E-state index contributed by atoms with van der Waals surface area (Å²) in [6, 6.07) is 0. The molecule has 0 atom stereocenters. The fourth-order valence-electron chi connectivity index (χ4n) is 6.12. The number of hydrogen-bond donors (Lipinski definition) is 1. The van der Waals surface area contributed by atoms with Crippen molar-refractivity contribution in [3.8, 4) is 0 Å². The molecule has 0 radical (unpaired) electrons. The summed E-state index contributed by atoms with van der Waals surface area (Å²) in [7, 11) is 0. The summed E-state index contributed by atoms with van der Waals surface area (Å²) in [4.78, 5) is 27.2. The van der Waals surface area contributed by atoms with Gasteiger partial charge in [-0.05, 0) is 71.0 Å². The van der Waals surface area contributed by atoms with Crippen molar-refractivity contribution < 1.29 is 14.3 Å². The second-order valence-corrected chi connectivity index (χ2v) is 14.2. The molecule has 45 heavy (non-hydrogen) atoms. The molecule has 1 N–H and O–H groups in total. The molecule has 0 bridgehead atoms. The Labute approximate surface area is 282 Å². The minimum absolute atomic E-state index is 0.0339. The Hall–Kier alpha value is -1.10. The SMILES string of the molecule is CCCCCCCCC(CCCCCCCC)OC(=O)CCCCCCCN(CCCCCCCC)CCCNC(=O)C(C)C. The van der Waals surface area contributed by atoms with Crippen LogP contribution in [0.1, 0.15) is 208 Å². The van der Waals surface area contributed by atoms with Gasteiger partial charge in [0.1, 0.15) is 6.10 Å². The quantitative estimate of drug-likeness (QED) is 0.0555. The van der Waals surface area contributed by atoms with Gasteiger partial charge in [0.05, 0.1) is 0 Å². The highest BCUT2D eigenvalue weighted by Gasteiger charge is 2.14. The molecule has 0 heterocycles. The maximum atomic E-state index is 12.7. The molecule has 0 aromatic rings. The van der Waals surface area contributed by atoms with Crippen LogP contribution in [0.4, 0.5) is 0 Å². The fraction of sp³-hybridized carbons (Fsp3) is 0.950. The van der Waals surface area contributed by atoms with Crippen LogP contribution in [-0.4, -0.2) is 49.1 Å². The Morgan fingerprint density at radius 3 is 1.40 bits per heavy atom. The third-order valence-electron chi connectivity index (χ3n) is 9.22. The van der Waals surface area contributed by atoms with Gasteiger partial charge >= 0.3 is 5.97 Å². The highest BCUT2D eigenvalue weighted by Crippen LogP contribution is 2.18. The first kappa shape index (κ1) is 43.9. The Morgan fingerprint density at radius 2 is 0.933 bits per heavy atom. The zero-order valence-corrected chi connectivity index (χ0v) is 31.2. The molecule has 0 unspecified atom stereocenters. The number of carbonyl (C=O) groups is 2. The minimum Gasteiger partial charge on any atom is -0.462 e. The number of nitrogens with one attached hydrogen (secondary N) is 1. The molecule has 5 nitrogen and oxygen atoms in total. The van der Waals surface area contributed by atoms with Gasteiger partial charge in [-0.1, -0.05) is 150 Å². The monoisotopic (exact) mass is 637 g/mol. The van der Waals surface area contributed by atoms with Crippen molar-refractivity contribution in [2.45, 2.75) is 214 Å². The average molecular weight is 637 g/mol. The van der Waals surface area contributed by atoms with Gasteiger partial charge in [0.2, 0.25) is 5.91 Å². The van der Waals surface area contributed by atoms with Crippen LogP contribution in [-0.2, 0) is 14.3 Å². The van der Waals surface area contributed by atoms with E-state index in [0.717, 1.165) is 51.7 Å². The van der Waals surface area contributed by atoms with Gasteiger partial charge in [0.25, 0.3) is 0 Å². The second kappa shape index (κ2) is 34.2. The Morgan fingerprint density at radius 1 is 0.533 bits per heavy atom. The van der Waals surface area contributed by atoms with Gasteiger partial charge in [0.15, 0.2) is 0 Å². The highest BCUT2D eigenvalue weighted by atomic mass is 16.5. The Balaban J connectivity index is 4.30. The van der Waals surface area contributed by atoms with Gasteiger partial charge in [-0.3, -0.25) is 9.59 Å². The van der Waals surface area contributed by atoms with Crippen molar-refractivity contribution in [2.24, 2.45) is 5.92 Å². The summed E-state index contributed by atoms with van der Waals surface area (Å²) in [5.74, 6) is 0.252. The van der Waals surface area contributed by atoms with Crippen LogP contribution < -0.4 is 5.32 Å². The van der Waals surface area contributed by atoms with E-state index in [-0.39, 0.29) is 23.9 Å². The number of ether oxygens (including phenoxy) is 1. The maximum Gasteiger partial charge on any atom is 0.306 e. The van der Waals surface area contributed by atoms with Crippen LogP contribution in [0.15, 0.2) is 0 Å². The zero-order valence-electron chi connectivity index (χ0n) is 31.2. The lowest BCUT2D eigenvalue weighted by molar-refractivity contribution is -0.150. The summed E-state index contributed by atoms with van der Waals surface area (Å²) in [6.45, 7) is 14.9. The number of nitrogens with zero attached hydrogens (tertiary/aromatic N) is 1. The summed E-state index contributed by atoms with van der Waals surface area (Å²) in [5.41, 5.74) is 0. The summed E-state index contributed by atoms with van der Waals surface area (Å²) >= 11 is 0. The molecule has 0 aliphatic heterocycles. The normalized spacial score (nSPS) is 11.6. The molecule has 0 spiro atoms. The van der Waals surface area contributed by atoms with Gasteiger partial charge in [-0.2, -0.15) is 0 Å². The molecular formula is C40H80N2O3. The van der Waals surface area contributed by atoms with E-state index in [1.807, 2.05) is 13.8 Å². The Kier molecular flexibility index (Phi) is 33.4. The minimum atomic E-state index is 0.0339. The van der Waals surface area contributed by atoms with E-state index in [0.29, 0.717) is 6.42 Å². The molecule has 0 aromatic carbocycles. The van der Waals surface area contributed by atoms with E-state index < -0.39 is 0 Å². The molecule has 0 fully saturated rings. The lowest BCUT2D eigenvalue weighted by Crippen LogP contribution is -2.33. The number of esters is 1. The van der Waals surface area contributed by atoms with E-state index in [1.54, 1.807) is 0 Å². The molecule has 1 amide bonds. The van der Waals surface area contributed by atoms with Gasteiger partial charge in [-0.15, -0.1) is 0 Å². The van der Waals surface area contributed by atoms with Crippen LogP contribution >= 0.6 is 0 Å². The van der Waals surface area contributed by atoms with E-state index >= 15 is 0 Å². The van der Waals surface area contributed by atoms with Crippen LogP contribution in [0.25, 0.3) is 0 Å². The van der Waals surface area contributed by atoms with Crippen LogP contribution in [0.2, 0.25) is 0 Å². The van der Waals surface area contributed by atoms with Crippen molar-refractivity contribution in [3.05, 3.63) is 0 Å². The first-order chi connectivity index (χ1) is 21.9. The number of amides is 1.